The van der Waals surface area contributed by atoms with E-state index < -0.39 is 6.09 Å². The summed E-state index contributed by atoms with van der Waals surface area (Å²) in [4.78, 5) is 14.5. The molecule has 0 bridgehead atoms. The van der Waals surface area contributed by atoms with Crippen LogP contribution in [-0.2, 0) is 4.74 Å². The highest BCUT2D eigenvalue weighted by Gasteiger charge is 2.05. The van der Waals surface area contributed by atoms with E-state index in [-0.39, 0.29) is 0 Å². The molecule has 2 N–H and O–H groups in total. The highest BCUT2D eigenvalue weighted by Crippen LogP contribution is 2.17. The fourth-order valence-corrected chi connectivity index (χ4v) is 1.60. The first-order chi connectivity index (χ1) is 8.29. The number of hydrogen-bond acceptors (Lipinski definition) is 2. The lowest BCUT2D eigenvalue weighted by Crippen LogP contribution is -2.14. The third-order valence-electron chi connectivity index (χ3n) is 2.50. The third-order valence-corrected chi connectivity index (χ3v) is 2.50. The summed E-state index contributed by atoms with van der Waals surface area (Å²) in [7, 11) is 0. The Morgan fingerprint density at radius 3 is 3.00 bits per heavy atom. The number of nitrogens with one attached hydrogen (secondary N) is 2. The number of hydrogen-bond donors (Lipinski definition) is 2. The number of para-hydroxylation sites is 1. The van der Waals surface area contributed by atoms with Gasteiger partial charge in [-0.25, -0.2) is 4.79 Å². The van der Waals surface area contributed by atoms with Crippen LogP contribution in [0.15, 0.2) is 30.3 Å². The molecular formula is C13H16N2O2. The lowest BCUT2D eigenvalue weighted by atomic mass is 10.2. The van der Waals surface area contributed by atoms with Crippen molar-refractivity contribution in [2.24, 2.45) is 0 Å². The Kier molecular flexibility index (Phi) is 3.65. The van der Waals surface area contributed by atoms with Crippen LogP contribution in [0.1, 0.15) is 19.8 Å². The number of amides is 1. The second-order valence-corrected chi connectivity index (χ2v) is 3.88. The summed E-state index contributed by atoms with van der Waals surface area (Å²) in [6, 6.07) is 9.74. The predicted molar refractivity (Wildman–Crippen MR) is 68.2 cm³/mol. The summed E-state index contributed by atoms with van der Waals surface area (Å²) >= 11 is 0. The van der Waals surface area contributed by atoms with Crippen molar-refractivity contribution in [1.29, 1.82) is 0 Å². The molecule has 0 saturated carbocycles. The van der Waals surface area contributed by atoms with Gasteiger partial charge in [0.05, 0.1) is 6.61 Å². The van der Waals surface area contributed by atoms with E-state index in [4.69, 9.17) is 4.74 Å². The highest BCUT2D eigenvalue weighted by atomic mass is 16.5. The number of carbonyl (C=O) groups excluding carboxylic acids is 1. The molecule has 2 rings (SSSR count). The Labute approximate surface area is 100.0 Å². The molecule has 4 nitrogen and oxygen atoms in total. The van der Waals surface area contributed by atoms with Crippen LogP contribution in [0.2, 0.25) is 0 Å². The number of rotatable bonds is 4. The fourth-order valence-electron chi connectivity index (χ4n) is 1.60. The van der Waals surface area contributed by atoms with Gasteiger partial charge in [-0.1, -0.05) is 31.5 Å². The van der Waals surface area contributed by atoms with E-state index in [2.05, 4.69) is 17.2 Å². The van der Waals surface area contributed by atoms with Crippen molar-refractivity contribution >= 4 is 22.8 Å². The van der Waals surface area contributed by atoms with Crippen molar-refractivity contribution in [3.63, 3.8) is 0 Å². The second-order valence-electron chi connectivity index (χ2n) is 3.88. The number of aromatic nitrogens is 1. The summed E-state index contributed by atoms with van der Waals surface area (Å²) in [5.74, 6) is 0.660. The highest BCUT2D eigenvalue weighted by molar-refractivity contribution is 5.90. The molecule has 0 radical (unpaired) electrons. The van der Waals surface area contributed by atoms with Gasteiger partial charge in [-0.3, -0.25) is 5.32 Å². The molecule has 1 heterocycles. The van der Waals surface area contributed by atoms with Gasteiger partial charge >= 0.3 is 6.09 Å². The van der Waals surface area contributed by atoms with Crippen LogP contribution in [0.3, 0.4) is 0 Å². The number of carbonyl (C=O) groups is 1. The summed E-state index contributed by atoms with van der Waals surface area (Å²) in [6.07, 6.45) is 1.49. The zero-order valence-corrected chi connectivity index (χ0v) is 9.82. The topological polar surface area (TPSA) is 54.1 Å². The van der Waals surface area contributed by atoms with E-state index in [1.165, 1.54) is 0 Å². The molecule has 17 heavy (non-hydrogen) atoms. The number of H-pyrrole nitrogens is 1. The summed E-state index contributed by atoms with van der Waals surface area (Å²) in [6.45, 7) is 2.52. The minimum Gasteiger partial charge on any atom is -0.449 e. The van der Waals surface area contributed by atoms with Crippen LogP contribution < -0.4 is 5.32 Å². The second kappa shape index (κ2) is 5.39. The van der Waals surface area contributed by atoms with Crippen molar-refractivity contribution in [2.75, 3.05) is 11.9 Å². The molecular weight excluding hydrogens is 216 g/mol. The first kappa shape index (κ1) is 11.5. The Bertz CT molecular complexity index is 472. The molecule has 90 valence electrons. The maximum Gasteiger partial charge on any atom is 0.412 e. The van der Waals surface area contributed by atoms with Gasteiger partial charge < -0.3 is 9.72 Å². The number of anilines is 1. The minimum absolute atomic E-state index is 0.412. The Morgan fingerprint density at radius 2 is 2.24 bits per heavy atom. The first-order valence-corrected chi connectivity index (χ1v) is 5.81. The summed E-state index contributed by atoms with van der Waals surface area (Å²) in [5, 5.41) is 3.74. The van der Waals surface area contributed by atoms with Gasteiger partial charge in [-0.2, -0.15) is 0 Å². The fraction of sp³-hybridized carbons (Fsp3) is 0.308. The van der Waals surface area contributed by atoms with E-state index in [0.29, 0.717) is 12.4 Å². The van der Waals surface area contributed by atoms with E-state index in [1.807, 2.05) is 30.3 Å². The van der Waals surface area contributed by atoms with Crippen LogP contribution >= 0.6 is 0 Å². The van der Waals surface area contributed by atoms with Gasteiger partial charge in [0.15, 0.2) is 0 Å². The standard InChI is InChI=1S/C13H16N2O2/c1-2-3-8-17-13(16)15-12-9-10-6-4-5-7-11(10)14-12/h4-7,9,14H,2-3,8H2,1H3,(H,15,16). The van der Waals surface area contributed by atoms with Crippen LogP contribution in [-0.4, -0.2) is 17.7 Å². The Balaban J connectivity index is 1.96. The normalized spacial score (nSPS) is 10.4. The number of aromatic amines is 1. The molecule has 1 aromatic carbocycles. The van der Waals surface area contributed by atoms with Gasteiger partial charge in [-0.05, 0) is 18.6 Å². The summed E-state index contributed by atoms with van der Waals surface area (Å²) < 4.78 is 5.01. The molecule has 1 aromatic heterocycles. The molecule has 0 saturated heterocycles. The Morgan fingerprint density at radius 1 is 1.41 bits per heavy atom. The number of benzene rings is 1. The molecule has 0 atom stereocenters. The van der Waals surface area contributed by atoms with Crippen molar-refractivity contribution in [2.45, 2.75) is 19.8 Å². The van der Waals surface area contributed by atoms with Crippen LogP contribution in [0.4, 0.5) is 10.6 Å². The summed E-state index contributed by atoms with van der Waals surface area (Å²) in [5.41, 5.74) is 0.997. The number of unbranched alkanes of at least 4 members (excludes halogenated alkanes) is 1. The van der Waals surface area contributed by atoms with Crippen LogP contribution in [0.25, 0.3) is 10.9 Å². The van der Waals surface area contributed by atoms with E-state index in [0.717, 1.165) is 23.7 Å². The number of fused-ring (bicyclic) bond motifs is 1. The molecule has 0 fully saturated rings. The molecule has 4 heteroatoms. The zero-order chi connectivity index (χ0) is 12.1. The largest absolute Gasteiger partial charge is 0.449 e. The van der Waals surface area contributed by atoms with E-state index >= 15 is 0 Å². The van der Waals surface area contributed by atoms with Crippen molar-refractivity contribution in [3.05, 3.63) is 30.3 Å². The molecule has 0 aliphatic carbocycles. The van der Waals surface area contributed by atoms with Gasteiger partial charge in [-0.15, -0.1) is 0 Å². The quantitative estimate of drug-likeness (QED) is 0.792. The average molecular weight is 232 g/mol. The number of ether oxygens (including phenoxy) is 1. The smallest absolute Gasteiger partial charge is 0.412 e. The lowest BCUT2D eigenvalue weighted by Gasteiger charge is -2.03. The van der Waals surface area contributed by atoms with Gasteiger partial charge in [0.25, 0.3) is 0 Å². The zero-order valence-electron chi connectivity index (χ0n) is 9.82. The van der Waals surface area contributed by atoms with Crippen molar-refractivity contribution < 1.29 is 9.53 Å². The maximum absolute atomic E-state index is 11.4. The van der Waals surface area contributed by atoms with Crippen molar-refractivity contribution in [1.82, 2.24) is 4.98 Å². The van der Waals surface area contributed by atoms with Crippen LogP contribution in [0.5, 0.6) is 0 Å². The lowest BCUT2D eigenvalue weighted by molar-refractivity contribution is 0.160. The monoisotopic (exact) mass is 232 g/mol. The molecule has 0 aliphatic heterocycles. The molecule has 0 spiro atoms. The van der Waals surface area contributed by atoms with Gasteiger partial charge in [0.2, 0.25) is 0 Å². The van der Waals surface area contributed by atoms with E-state index in [9.17, 15) is 4.79 Å². The van der Waals surface area contributed by atoms with E-state index in [1.54, 1.807) is 0 Å². The van der Waals surface area contributed by atoms with Crippen LogP contribution in [0, 0.1) is 0 Å². The van der Waals surface area contributed by atoms with Crippen molar-refractivity contribution in [3.8, 4) is 0 Å². The van der Waals surface area contributed by atoms with Gasteiger partial charge in [0, 0.05) is 10.9 Å². The predicted octanol–water partition coefficient (Wildman–Crippen LogP) is 3.52. The molecule has 1 amide bonds. The average Bonchev–Trinajstić information content (AvgIpc) is 2.71. The third kappa shape index (κ3) is 3.00. The first-order valence-electron chi connectivity index (χ1n) is 5.81. The SMILES string of the molecule is CCCCOC(=O)Nc1cc2ccccc2[nH]1. The maximum atomic E-state index is 11.4. The molecule has 0 unspecified atom stereocenters. The van der Waals surface area contributed by atoms with Gasteiger partial charge in [0.1, 0.15) is 5.82 Å². The molecule has 0 aliphatic rings. The minimum atomic E-state index is -0.412. The molecule has 2 aromatic rings. The Hall–Kier alpha value is -1.97.